The van der Waals surface area contributed by atoms with Gasteiger partial charge in [-0.05, 0) is 30.9 Å². The van der Waals surface area contributed by atoms with E-state index in [1.165, 1.54) is 5.56 Å². The Balaban J connectivity index is 1.78. The van der Waals surface area contributed by atoms with Gasteiger partial charge in [0, 0.05) is 6.61 Å². The van der Waals surface area contributed by atoms with Crippen LogP contribution in [-0.4, -0.2) is 6.61 Å². The highest BCUT2D eigenvalue weighted by atomic mass is 16.5. The van der Waals surface area contributed by atoms with Crippen molar-refractivity contribution in [3.05, 3.63) is 71.8 Å². The molecule has 0 bridgehead atoms. The van der Waals surface area contributed by atoms with Crippen LogP contribution in [0.25, 0.3) is 0 Å². The van der Waals surface area contributed by atoms with Crippen LogP contribution in [-0.2, 0) is 16.8 Å². The minimum atomic E-state index is -0.433. The predicted molar refractivity (Wildman–Crippen MR) is 84.7 cm³/mol. The van der Waals surface area contributed by atoms with Gasteiger partial charge in [0.15, 0.2) is 0 Å². The second-order valence-electron chi connectivity index (χ2n) is 5.45. The van der Waals surface area contributed by atoms with E-state index >= 15 is 0 Å². The molecule has 2 nitrogen and oxygen atoms in total. The molecule has 0 aliphatic rings. The average Bonchev–Trinajstić information content (AvgIpc) is 2.56. The topological polar surface area (TPSA) is 33.0 Å². The molecule has 0 aliphatic carbocycles. The largest absolute Gasteiger partial charge is 0.377 e. The molecule has 2 rings (SSSR count). The van der Waals surface area contributed by atoms with E-state index in [0.29, 0.717) is 13.2 Å². The smallest absolute Gasteiger partial charge is 0.0795 e. The van der Waals surface area contributed by atoms with Gasteiger partial charge in [-0.15, -0.1) is 0 Å². The zero-order chi connectivity index (χ0) is 15.0. The van der Waals surface area contributed by atoms with Crippen LogP contribution in [0.2, 0.25) is 0 Å². The Labute approximate surface area is 127 Å². The van der Waals surface area contributed by atoms with E-state index in [2.05, 4.69) is 18.2 Å². The van der Waals surface area contributed by atoms with Gasteiger partial charge in [-0.3, -0.25) is 0 Å². The van der Waals surface area contributed by atoms with E-state index in [0.717, 1.165) is 18.4 Å². The van der Waals surface area contributed by atoms with Gasteiger partial charge in [0.1, 0.15) is 0 Å². The van der Waals surface area contributed by atoms with Gasteiger partial charge in [-0.25, -0.2) is 0 Å². The maximum atomic E-state index is 9.48. The van der Waals surface area contributed by atoms with Gasteiger partial charge in [-0.2, -0.15) is 5.26 Å². The maximum absolute atomic E-state index is 9.48. The van der Waals surface area contributed by atoms with Gasteiger partial charge in [-0.1, -0.05) is 60.7 Å². The minimum absolute atomic E-state index is 0.433. The summed E-state index contributed by atoms with van der Waals surface area (Å²) in [5.74, 6) is 0. The first kappa shape index (κ1) is 15.3. The first-order valence-electron chi connectivity index (χ1n) is 7.33. The third-order valence-corrected chi connectivity index (χ3v) is 3.73. The molecule has 0 spiro atoms. The molecular formula is C19H21NO. The van der Waals surface area contributed by atoms with Crippen molar-refractivity contribution in [1.82, 2.24) is 0 Å². The Morgan fingerprint density at radius 3 is 2.24 bits per heavy atom. The van der Waals surface area contributed by atoms with E-state index in [-0.39, 0.29) is 0 Å². The van der Waals surface area contributed by atoms with Crippen molar-refractivity contribution >= 4 is 0 Å². The molecule has 0 radical (unpaired) electrons. The second-order valence-corrected chi connectivity index (χ2v) is 5.45. The SMILES string of the molecule is CC(C#N)(CCCOCc1ccccc1)c1ccccc1. The number of hydrogen-bond donors (Lipinski definition) is 0. The zero-order valence-electron chi connectivity index (χ0n) is 12.5. The van der Waals surface area contributed by atoms with Crippen molar-refractivity contribution in [2.45, 2.75) is 31.8 Å². The lowest BCUT2D eigenvalue weighted by molar-refractivity contribution is 0.114. The molecule has 0 saturated carbocycles. The molecule has 0 aliphatic heterocycles. The highest BCUT2D eigenvalue weighted by Crippen LogP contribution is 2.28. The lowest BCUT2D eigenvalue weighted by Gasteiger charge is -2.22. The summed E-state index contributed by atoms with van der Waals surface area (Å²) >= 11 is 0. The Kier molecular flexibility index (Phi) is 5.54. The van der Waals surface area contributed by atoms with E-state index < -0.39 is 5.41 Å². The molecule has 21 heavy (non-hydrogen) atoms. The van der Waals surface area contributed by atoms with Gasteiger partial charge < -0.3 is 4.74 Å². The Morgan fingerprint density at radius 2 is 1.62 bits per heavy atom. The maximum Gasteiger partial charge on any atom is 0.0795 e. The van der Waals surface area contributed by atoms with E-state index in [1.54, 1.807) is 0 Å². The second kappa shape index (κ2) is 7.61. The van der Waals surface area contributed by atoms with Gasteiger partial charge in [0.05, 0.1) is 18.1 Å². The lowest BCUT2D eigenvalue weighted by Crippen LogP contribution is -2.20. The van der Waals surface area contributed by atoms with Crippen LogP contribution in [0.15, 0.2) is 60.7 Å². The van der Waals surface area contributed by atoms with E-state index in [1.807, 2.05) is 55.5 Å². The molecule has 108 valence electrons. The van der Waals surface area contributed by atoms with Crippen molar-refractivity contribution in [1.29, 1.82) is 5.26 Å². The molecule has 0 amide bonds. The fourth-order valence-corrected chi connectivity index (χ4v) is 2.36. The fraction of sp³-hybridized carbons (Fsp3) is 0.316. The van der Waals surface area contributed by atoms with Crippen LogP contribution in [0.4, 0.5) is 0 Å². The molecule has 1 unspecified atom stereocenters. The summed E-state index contributed by atoms with van der Waals surface area (Å²) in [5.41, 5.74) is 1.83. The van der Waals surface area contributed by atoms with Crippen LogP contribution in [0, 0.1) is 11.3 Å². The van der Waals surface area contributed by atoms with Gasteiger partial charge in [0.25, 0.3) is 0 Å². The number of benzene rings is 2. The molecular weight excluding hydrogens is 258 g/mol. The average molecular weight is 279 g/mol. The Morgan fingerprint density at radius 1 is 1.00 bits per heavy atom. The molecule has 1 atom stereocenters. The van der Waals surface area contributed by atoms with Crippen LogP contribution in [0.1, 0.15) is 30.9 Å². The quantitative estimate of drug-likeness (QED) is 0.701. The summed E-state index contributed by atoms with van der Waals surface area (Å²) in [5, 5.41) is 9.48. The summed E-state index contributed by atoms with van der Waals surface area (Å²) < 4.78 is 5.69. The van der Waals surface area contributed by atoms with Gasteiger partial charge >= 0.3 is 0 Å². The van der Waals surface area contributed by atoms with Crippen LogP contribution >= 0.6 is 0 Å². The molecule has 2 aromatic rings. The predicted octanol–water partition coefficient (Wildman–Crippen LogP) is 4.46. The molecule has 0 aromatic heterocycles. The van der Waals surface area contributed by atoms with Crippen LogP contribution in [0.5, 0.6) is 0 Å². The zero-order valence-corrected chi connectivity index (χ0v) is 12.5. The van der Waals surface area contributed by atoms with Crippen molar-refractivity contribution < 1.29 is 4.74 Å². The van der Waals surface area contributed by atoms with Gasteiger partial charge in [0.2, 0.25) is 0 Å². The Bertz CT molecular complexity index is 574. The molecule has 0 saturated heterocycles. The van der Waals surface area contributed by atoms with Crippen molar-refractivity contribution in [2.75, 3.05) is 6.61 Å². The molecule has 0 heterocycles. The molecule has 0 fully saturated rings. The summed E-state index contributed by atoms with van der Waals surface area (Å²) in [6.07, 6.45) is 1.69. The normalized spacial score (nSPS) is 13.3. The van der Waals surface area contributed by atoms with E-state index in [4.69, 9.17) is 4.74 Å². The van der Waals surface area contributed by atoms with Crippen LogP contribution < -0.4 is 0 Å². The standard InChI is InChI=1S/C19H21NO/c1-19(16-20,18-11-6-3-7-12-18)13-8-14-21-15-17-9-4-2-5-10-17/h2-7,9-12H,8,13-15H2,1H3. The number of nitriles is 1. The van der Waals surface area contributed by atoms with Crippen molar-refractivity contribution in [2.24, 2.45) is 0 Å². The third kappa shape index (κ3) is 4.44. The number of rotatable bonds is 7. The Hall–Kier alpha value is -2.11. The minimum Gasteiger partial charge on any atom is -0.377 e. The summed E-state index contributed by atoms with van der Waals surface area (Å²) in [7, 11) is 0. The third-order valence-electron chi connectivity index (χ3n) is 3.73. The lowest BCUT2D eigenvalue weighted by atomic mass is 9.80. The fourth-order valence-electron chi connectivity index (χ4n) is 2.36. The molecule has 2 aromatic carbocycles. The van der Waals surface area contributed by atoms with Crippen molar-refractivity contribution in [3.8, 4) is 6.07 Å². The number of hydrogen-bond acceptors (Lipinski definition) is 2. The summed E-state index contributed by atoms with van der Waals surface area (Å²) in [4.78, 5) is 0. The number of nitrogens with zero attached hydrogens (tertiary/aromatic N) is 1. The highest BCUT2D eigenvalue weighted by molar-refractivity contribution is 5.30. The molecule has 2 heteroatoms. The van der Waals surface area contributed by atoms with Crippen LogP contribution in [0.3, 0.4) is 0 Å². The summed E-state index contributed by atoms with van der Waals surface area (Å²) in [6.45, 7) is 3.31. The summed E-state index contributed by atoms with van der Waals surface area (Å²) in [6, 6.07) is 22.6. The van der Waals surface area contributed by atoms with E-state index in [9.17, 15) is 5.26 Å². The number of ether oxygens (including phenoxy) is 1. The first-order valence-corrected chi connectivity index (χ1v) is 7.33. The monoisotopic (exact) mass is 279 g/mol. The first-order chi connectivity index (χ1) is 10.2. The molecule has 0 N–H and O–H groups in total. The highest BCUT2D eigenvalue weighted by Gasteiger charge is 2.25. The van der Waals surface area contributed by atoms with Crippen molar-refractivity contribution in [3.63, 3.8) is 0 Å².